The number of hydrogen-bond acceptors (Lipinski definition) is 9. The van der Waals surface area contributed by atoms with E-state index in [0.717, 1.165) is 71.0 Å². The Hall–Kier alpha value is -3.22. The Morgan fingerprint density at radius 2 is 0.716 bits per heavy atom. The molecule has 0 saturated heterocycles. The highest BCUT2D eigenvalue weighted by Gasteiger charge is 2.31. The topological polar surface area (TPSA) is 51.6 Å². The summed E-state index contributed by atoms with van der Waals surface area (Å²) in [6, 6.07) is 9.27. The van der Waals surface area contributed by atoms with E-state index in [0.29, 0.717) is 34.7 Å². The molecule has 0 bridgehead atoms. The van der Waals surface area contributed by atoms with Gasteiger partial charge in [0.2, 0.25) is 0 Å². The lowest BCUT2D eigenvalue weighted by molar-refractivity contribution is 0.400. The summed E-state index contributed by atoms with van der Waals surface area (Å²) in [4.78, 5) is 18.1. The molecule has 0 aliphatic rings. The van der Waals surface area contributed by atoms with Crippen LogP contribution in [0.25, 0.3) is 72.9 Å². The molecule has 11 heteroatoms. The maximum atomic E-state index is 18.0. The van der Waals surface area contributed by atoms with E-state index in [1.807, 2.05) is 22.7 Å². The predicted molar refractivity (Wildman–Crippen MR) is 422 cm³/mol. The Morgan fingerprint density at radius 3 is 1.15 bits per heavy atom. The Labute approximate surface area is 596 Å². The molecular formula is C84H126F2N4S5. The molecule has 6 aromatic heterocycles. The molecule has 0 amide bonds. The van der Waals surface area contributed by atoms with Gasteiger partial charge in [-0.05, 0) is 98.6 Å². The quantitative estimate of drug-likeness (QED) is 0.0357. The average Bonchev–Trinajstić information content (AvgIpc) is 1.64. The first-order chi connectivity index (χ1) is 46.5. The monoisotopic (exact) mass is 1390 g/mol. The molecule has 2 aromatic carbocycles. The molecule has 6 heterocycles. The van der Waals surface area contributed by atoms with Crippen LogP contribution in [-0.4, -0.2) is 18.7 Å². The summed E-state index contributed by atoms with van der Waals surface area (Å²) in [7, 11) is 0. The molecule has 4 nitrogen and oxygen atoms in total. The molecule has 8 rings (SSSR count). The van der Waals surface area contributed by atoms with Gasteiger partial charge in [0.05, 0.1) is 54.7 Å². The third-order valence-electron chi connectivity index (χ3n) is 21.4. The average molecular weight is 1390 g/mol. The maximum Gasteiger partial charge on any atom is 0.170 e. The second kappa shape index (κ2) is 42.1. The van der Waals surface area contributed by atoms with Gasteiger partial charge >= 0.3 is 0 Å². The van der Waals surface area contributed by atoms with Gasteiger partial charge in [-0.2, -0.15) is 8.75 Å². The Bertz CT molecular complexity index is 3490. The molecule has 95 heavy (non-hydrogen) atoms. The summed E-state index contributed by atoms with van der Waals surface area (Å²) < 4.78 is 48.3. The lowest BCUT2D eigenvalue weighted by Gasteiger charge is -2.20. The van der Waals surface area contributed by atoms with Gasteiger partial charge in [0.25, 0.3) is 0 Å². The molecule has 0 saturated carbocycles. The summed E-state index contributed by atoms with van der Waals surface area (Å²) in [5.41, 5.74) is 8.53. The summed E-state index contributed by atoms with van der Waals surface area (Å²) in [5, 5.41) is 2.40. The van der Waals surface area contributed by atoms with Crippen molar-refractivity contribution in [3.05, 3.63) is 68.2 Å². The summed E-state index contributed by atoms with van der Waals surface area (Å²) in [5.74, 6) is 0.635. The van der Waals surface area contributed by atoms with Gasteiger partial charge < -0.3 is 0 Å². The maximum absolute atomic E-state index is 18.0. The van der Waals surface area contributed by atoms with Crippen molar-refractivity contribution >= 4 is 99.3 Å². The van der Waals surface area contributed by atoms with Crippen molar-refractivity contribution in [2.45, 2.75) is 352 Å². The zero-order valence-corrected chi connectivity index (χ0v) is 65.4. The second-order valence-corrected chi connectivity index (χ2v) is 34.4. The summed E-state index contributed by atoms with van der Waals surface area (Å²) >= 11 is 8.11. The molecule has 0 fully saturated rings. The fourth-order valence-electron chi connectivity index (χ4n) is 15.4. The van der Waals surface area contributed by atoms with Gasteiger partial charge in [0.15, 0.2) is 11.6 Å². The minimum Gasteiger partial charge on any atom is -0.249 e. The van der Waals surface area contributed by atoms with E-state index in [9.17, 15) is 0 Å². The lowest BCUT2D eigenvalue weighted by atomic mass is 9.88. The van der Waals surface area contributed by atoms with Crippen LogP contribution in [0.5, 0.6) is 0 Å². The number of unbranched alkanes of at least 4 members (excludes halogenated alkanes) is 26. The molecule has 0 spiro atoms. The minimum absolute atomic E-state index is 0.268. The Kier molecular flexibility index (Phi) is 34.4. The number of rotatable bonds is 51. The molecule has 8 aromatic rings. The van der Waals surface area contributed by atoms with E-state index in [1.54, 1.807) is 22.7 Å². The zero-order chi connectivity index (χ0) is 67.3. The van der Waals surface area contributed by atoms with E-state index in [2.05, 4.69) is 93.5 Å². The van der Waals surface area contributed by atoms with Gasteiger partial charge in [-0.3, -0.25) is 0 Å². The normalized spacial score (nSPS) is 13.5. The third-order valence-corrected chi connectivity index (χ3v) is 26.8. The zero-order valence-electron chi connectivity index (χ0n) is 61.3. The predicted octanol–water partition coefficient (Wildman–Crippen LogP) is 30.5. The van der Waals surface area contributed by atoms with Crippen molar-refractivity contribution in [2.75, 3.05) is 0 Å². The van der Waals surface area contributed by atoms with Gasteiger partial charge in [-0.1, -0.05) is 312 Å². The van der Waals surface area contributed by atoms with E-state index in [-0.39, 0.29) is 11.1 Å². The number of halogens is 2. The smallest absolute Gasteiger partial charge is 0.170 e. The Morgan fingerprint density at radius 1 is 0.347 bits per heavy atom. The molecule has 4 unspecified atom stereocenters. The molecule has 0 N–H and O–H groups in total. The van der Waals surface area contributed by atoms with Crippen LogP contribution < -0.4 is 0 Å². The van der Waals surface area contributed by atoms with Crippen LogP contribution in [0.1, 0.15) is 344 Å². The largest absolute Gasteiger partial charge is 0.249 e. The van der Waals surface area contributed by atoms with Crippen LogP contribution in [0.4, 0.5) is 8.78 Å². The van der Waals surface area contributed by atoms with E-state index in [1.165, 1.54) is 306 Å². The fourth-order valence-corrected chi connectivity index (χ4v) is 20.7. The van der Waals surface area contributed by atoms with Crippen LogP contribution in [0.15, 0.2) is 24.3 Å². The first-order valence-electron chi connectivity index (χ1n) is 39.5. The highest BCUT2D eigenvalue weighted by atomic mass is 32.1. The number of benzene rings is 2. The van der Waals surface area contributed by atoms with E-state index in [4.69, 9.17) is 18.7 Å². The van der Waals surface area contributed by atoms with Crippen molar-refractivity contribution in [3.8, 4) is 30.6 Å². The minimum atomic E-state index is -0.800. The van der Waals surface area contributed by atoms with Crippen molar-refractivity contribution in [2.24, 2.45) is 23.7 Å². The van der Waals surface area contributed by atoms with E-state index < -0.39 is 11.6 Å². The standard InChI is InChI=1S/C84H126F2N4S5/c1-11-19-25-29-33-35-39-43-48-63(47-41-37-31-27-21-13-3)52-65-56-71(92-60(65)10)74-76(85)77(86)75(81-80(74)89-95-90-81)72-57-66(53-64(49-42-38-32-28-22-14-4)50-44-40-36-34-30-26-20-12-2)82(93-72)73-58-68-79-78(67-51-59(9)91-83(67)84(68)94-73)87-69(54-61(17-7)45-23-15-5)70(88-79)55-62(18-8)46-24-16-6/h51,56-58,61-64H,11-50,52-55H2,1-10H3. The first kappa shape index (κ1) is 77.5. The van der Waals surface area contributed by atoms with Gasteiger partial charge in [0, 0.05) is 40.0 Å². The number of aromatic nitrogens is 4. The molecule has 526 valence electrons. The number of thiophene rings is 4. The highest BCUT2D eigenvalue weighted by molar-refractivity contribution is 7.31. The van der Waals surface area contributed by atoms with Crippen molar-refractivity contribution in [1.82, 2.24) is 18.7 Å². The molecule has 4 atom stereocenters. The van der Waals surface area contributed by atoms with Crippen LogP contribution in [0.2, 0.25) is 0 Å². The number of hydrogen-bond donors (Lipinski definition) is 0. The van der Waals surface area contributed by atoms with Crippen LogP contribution in [-0.2, 0) is 25.7 Å². The fraction of sp³-hybridized carbons (Fsp3) is 0.690. The number of aryl methyl sites for hydroxylation is 2. The lowest BCUT2D eigenvalue weighted by Crippen LogP contribution is -2.13. The number of nitrogens with zero attached hydrogens (tertiary/aromatic N) is 4. The Balaban J connectivity index is 1.22. The SMILES string of the molecule is CCCCCCCCCCC(CCCCCCCC)Cc1cc(-c2c(F)c(F)c(-c3cc(CC(CCCCCCCC)CCCCCCCCCC)c(-c4cc5c6nc(CC(CC)CCCC)c(CC(CC)CCCC)nc6c6cc(C)sc6c5s4)s3)c3nsnc23)sc1C. The van der Waals surface area contributed by atoms with Crippen LogP contribution in [0.3, 0.4) is 0 Å². The van der Waals surface area contributed by atoms with Gasteiger partial charge in [0.1, 0.15) is 11.0 Å². The third kappa shape index (κ3) is 22.4. The summed E-state index contributed by atoms with van der Waals surface area (Å²) in [6.07, 6.45) is 54.9. The van der Waals surface area contributed by atoms with Crippen molar-refractivity contribution in [1.29, 1.82) is 0 Å². The van der Waals surface area contributed by atoms with Gasteiger partial charge in [-0.25, -0.2) is 18.7 Å². The molecular weight excluding hydrogens is 1260 g/mol. The molecule has 0 radical (unpaired) electrons. The first-order valence-corrected chi connectivity index (χ1v) is 43.5. The number of fused-ring (bicyclic) bond motifs is 7. The van der Waals surface area contributed by atoms with Crippen LogP contribution in [0, 0.1) is 49.2 Å². The van der Waals surface area contributed by atoms with Crippen molar-refractivity contribution in [3.63, 3.8) is 0 Å². The highest BCUT2D eigenvalue weighted by Crippen LogP contribution is 2.51. The van der Waals surface area contributed by atoms with E-state index >= 15 is 8.78 Å². The van der Waals surface area contributed by atoms with Gasteiger partial charge in [-0.15, -0.1) is 45.3 Å². The van der Waals surface area contributed by atoms with Crippen LogP contribution >= 0.6 is 57.1 Å². The summed E-state index contributed by atoms with van der Waals surface area (Å²) in [6.45, 7) is 23.0. The second-order valence-electron chi connectivity index (χ2n) is 29.3. The van der Waals surface area contributed by atoms with Crippen molar-refractivity contribution < 1.29 is 8.78 Å². The molecule has 0 aliphatic carbocycles. The molecule has 0 aliphatic heterocycles.